The fraction of sp³-hybridized carbons (Fsp3) is 0.161. The van der Waals surface area contributed by atoms with E-state index in [0.717, 1.165) is 16.9 Å². The second-order valence-corrected chi connectivity index (χ2v) is 9.66. The van der Waals surface area contributed by atoms with Crippen LogP contribution in [0.25, 0.3) is 22.1 Å². The quantitative estimate of drug-likeness (QED) is 0.200. The predicted octanol–water partition coefficient (Wildman–Crippen LogP) is 6.33. The molecule has 8 nitrogen and oxygen atoms in total. The Morgan fingerprint density at radius 3 is 2.46 bits per heavy atom. The summed E-state index contributed by atoms with van der Waals surface area (Å²) in [6.07, 6.45) is 1.26. The van der Waals surface area contributed by atoms with Crippen molar-refractivity contribution >= 4 is 28.3 Å². The van der Waals surface area contributed by atoms with Crippen LogP contribution in [0.15, 0.2) is 70.1 Å². The summed E-state index contributed by atoms with van der Waals surface area (Å²) in [6, 6.07) is 12.4. The highest BCUT2D eigenvalue weighted by Gasteiger charge is 2.25. The second kappa shape index (κ2) is 10.8. The van der Waals surface area contributed by atoms with Crippen molar-refractivity contribution < 1.29 is 17.9 Å². The number of aromatic nitrogens is 2. The van der Waals surface area contributed by atoms with E-state index in [4.69, 9.17) is 20.3 Å². The van der Waals surface area contributed by atoms with Gasteiger partial charge in [-0.3, -0.25) is 10.2 Å². The molecular formula is C31H27F2N5O3. The molecule has 1 atom stereocenters. The van der Waals surface area contributed by atoms with Crippen LogP contribution in [0.5, 0.6) is 5.75 Å². The molecule has 0 saturated heterocycles. The number of ether oxygens (including phenoxy) is 1. The summed E-state index contributed by atoms with van der Waals surface area (Å²) in [5, 5.41) is 11.9. The average Bonchev–Trinajstić information content (AvgIpc) is 2.92. The van der Waals surface area contributed by atoms with E-state index in [9.17, 15) is 13.6 Å². The minimum Gasteiger partial charge on any atom is -0.496 e. The lowest BCUT2D eigenvalue weighted by Gasteiger charge is -2.21. The van der Waals surface area contributed by atoms with Gasteiger partial charge in [-0.05, 0) is 73.9 Å². The molecule has 0 aliphatic heterocycles. The second-order valence-electron chi connectivity index (χ2n) is 9.66. The molecule has 0 saturated carbocycles. The first-order chi connectivity index (χ1) is 19.6. The molecule has 5 rings (SSSR count). The summed E-state index contributed by atoms with van der Waals surface area (Å²) >= 11 is 0. The van der Waals surface area contributed by atoms with Gasteiger partial charge in [-0.2, -0.15) is 0 Å². The van der Waals surface area contributed by atoms with E-state index >= 15 is 0 Å². The number of rotatable bonds is 7. The number of methoxy groups -OCH3 is 1. The molecule has 208 valence electrons. The molecule has 5 aromatic rings. The maximum Gasteiger partial charge on any atom is 0.203 e. The van der Waals surface area contributed by atoms with Crippen LogP contribution in [0, 0.1) is 30.9 Å². The van der Waals surface area contributed by atoms with Gasteiger partial charge in [-0.1, -0.05) is 18.2 Å². The molecule has 4 N–H and O–H groups in total. The number of benzene rings is 3. The van der Waals surface area contributed by atoms with E-state index in [2.05, 4.69) is 15.3 Å². The largest absolute Gasteiger partial charge is 0.496 e. The molecule has 0 spiro atoms. The van der Waals surface area contributed by atoms with Crippen LogP contribution >= 0.6 is 0 Å². The maximum atomic E-state index is 14.7. The lowest BCUT2D eigenvalue weighted by Crippen LogP contribution is -2.19. The fourth-order valence-electron chi connectivity index (χ4n) is 5.03. The van der Waals surface area contributed by atoms with Crippen LogP contribution < -0.4 is 21.2 Å². The summed E-state index contributed by atoms with van der Waals surface area (Å²) in [5.41, 5.74) is 8.45. The van der Waals surface area contributed by atoms with Crippen molar-refractivity contribution in [2.24, 2.45) is 0 Å². The maximum absolute atomic E-state index is 14.7. The summed E-state index contributed by atoms with van der Waals surface area (Å²) in [6.45, 7) is 5.47. The molecule has 1 unspecified atom stereocenters. The van der Waals surface area contributed by atoms with Gasteiger partial charge in [0.05, 0.1) is 30.0 Å². The third kappa shape index (κ3) is 5.00. The van der Waals surface area contributed by atoms with Crippen LogP contribution in [0.4, 0.5) is 20.4 Å². The number of hydrogen-bond acceptors (Lipinski definition) is 8. The minimum atomic E-state index is -0.756. The highest BCUT2D eigenvalue weighted by Crippen LogP contribution is 2.34. The predicted molar refractivity (Wildman–Crippen MR) is 155 cm³/mol. The van der Waals surface area contributed by atoms with Gasteiger partial charge >= 0.3 is 0 Å². The van der Waals surface area contributed by atoms with Crippen molar-refractivity contribution in [3.8, 4) is 16.9 Å². The van der Waals surface area contributed by atoms with Crippen molar-refractivity contribution in [3.63, 3.8) is 0 Å². The van der Waals surface area contributed by atoms with E-state index in [0.29, 0.717) is 5.56 Å². The van der Waals surface area contributed by atoms with Gasteiger partial charge in [0.25, 0.3) is 0 Å². The van der Waals surface area contributed by atoms with Crippen molar-refractivity contribution in [1.82, 2.24) is 9.97 Å². The third-order valence-corrected chi connectivity index (χ3v) is 6.84. The van der Waals surface area contributed by atoms with Gasteiger partial charge in [0.1, 0.15) is 52.1 Å². The number of nitrogens with one attached hydrogen (secondary N) is 2. The van der Waals surface area contributed by atoms with E-state index < -0.39 is 23.1 Å². The number of hydrogen-bond donors (Lipinski definition) is 3. The van der Waals surface area contributed by atoms with Crippen LogP contribution in [0.1, 0.15) is 41.0 Å². The Morgan fingerprint density at radius 1 is 1.07 bits per heavy atom. The molecule has 2 aromatic heterocycles. The molecule has 0 aliphatic rings. The molecule has 3 aromatic carbocycles. The van der Waals surface area contributed by atoms with Crippen LogP contribution in [-0.4, -0.2) is 22.8 Å². The zero-order valence-electron chi connectivity index (χ0n) is 22.8. The van der Waals surface area contributed by atoms with Crippen molar-refractivity contribution in [2.45, 2.75) is 26.8 Å². The fourth-order valence-corrected chi connectivity index (χ4v) is 5.03. The number of nitrogens with zero attached hydrogens (tertiary/aromatic N) is 2. The Bertz CT molecular complexity index is 1860. The normalized spacial score (nSPS) is 11.9. The summed E-state index contributed by atoms with van der Waals surface area (Å²) in [7, 11) is 1.59. The third-order valence-electron chi connectivity index (χ3n) is 6.84. The number of aryl methyl sites for hydroxylation is 2. The number of anilines is 2. The van der Waals surface area contributed by atoms with Crippen LogP contribution in [0.3, 0.4) is 0 Å². The lowest BCUT2D eigenvalue weighted by molar-refractivity contribution is 0.408. The zero-order valence-corrected chi connectivity index (χ0v) is 22.8. The van der Waals surface area contributed by atoms with Crippen molar-refractivity contribution in [3.05, 3.63) is 111 Å². The average molecular weight is 556 g/mol. The number of nitrogens with two attached hydrogens (primary N) is 1. The minimum absolute atomic E-state index is 0.00200. The number of fused-ring (bicyclic) bond motifs is 1. The van der Waals surface area contributed by atoms with E-state index in [1.165, 1.54) is 42.7 Å². The number of halogens is 2. The summed E-state index contributed by atoms with van der Waals surface area (Å²) < 4.78 is 40.5. The van der Waals surface area contributed by atoms with Gasteiger partial charge in [0, 0.05) is 5.56 Å². The standard InChI is InChI=1S/C31H27F2N5O3/c1-15-11-19(12-16(2)28(15)40-4)26(34)25-30(35)36-14-37-31(25)38-17(3)29-23(18-7-5-8-20(32)13-18)27(39)24-21(33)9-6-10-22(24)41-29/h5-14,17,34H,1-4H3,(H3,35,36,37,38). The molecule has 0 radical (unpaired) electrons. The topological polar surface area (TPSA) is 127 Å². The molecule has 0 fully saturated rings. The van der Waals surface area contributed by atoms with Gasteiger partial charge in [-0.25, -0.2) is 18.7 Å². The summed E-state index contributed by atoms with van der Waals surface area (Å²) in [5.74, 6) is -0.175. The van der Waals surface area contributed by atoms with E-state index in [1.54, 1.807) is 20.1 Å². The van der Waals surface area contributed by atoms with E-state index in [1.807, 2.05) is 26.0 Å². The Morgan fingerprint density at radius 2 is 1.78 bits per heavy atom. The number of nitrogen functional groups attached to an aromatic ring is 1. The van der Waals surface area contributed by atoms with Gasteiger partial charge in [0.2, 0.25) is 5.43 Å². The molecule has 0 bridgehead atoms. The SMILES string of the molecule is COc1c(C)cc(C(=N)c2c(N)ncnc2NC(C)c2oc3cccc(F)c3c(=O)c2-c2cccc(F)c2)cc1C. The van der Waals surface area contributed by atoms with Crippen LogP contribution in [0.2, 0.25) is 0 Å². The monoisotopic (exact) mass is 555 g/mol. The lowest BCUT2D eigenvalue weighted by atomic mass is 9.97. The van der Waals surface area contributed by atoms with Crippen molar-refractivity contribution in [2.75, 3.05) is 18.2 Å². The van der Waals surface area contributed by atoms with Gasteiger partial charge < -0.3 is 20.2 Å². The molecule has 10 heteroatoms. The molecule has 0 aliphatic carbocycles. The molecule has 0 amide bonds. The highest BCUT2D eigenvalue weighted by atomic mass is 19.1. The Hall–Kier alpha value is -5.12. The molecule has 41 heavy (non-hydrogen) atoms. The van der Waals surface area contributed by atoms with Crippen molar-refractivity contribution in [1.29, 1.82) is 5.41 Å². The molecule has 2 heterocycles. The smallest absolute Gasteiger partial charge is 0.203 e. The van der Waals surface area contributed by atoms with Crippen LogP contribution in [-0.2, 0) is 0 Å². The first kappa shape index (κ1) is 27.4. The molecular weight excluding hydrogens is 528 g/mol. The Kier molecular flexibility index (Phi) is 7.23. The van der Waals surface area contributed by atoms with Gasteiger partial charge in [0.15, 0.2) is 0 Å². The van der Waals surface area contributed by atoms with E-state index in [-0.39, 0.29) is 50.8 Å². The first-order valence-electron chi connectivity index (χ1n) is 12.7. The first-order valence-corrected chi connectivity index (χ1v) is 12.7. The highest BCUT2D eigenvalue weighted by molar-refractivity contribution is 6.16. The van der Waals surface area contributed by atoms with Gasteiger partial charge in [-0.15, -0.1) is 0 Å². The Labute approximate surface area is 234 Å². The Balaban J connectivity index is 1.64. The zero-order chi connectivity index (χ0) is 29.4. The summed E-state index contributed by atoms with van der Waals surface area (Å²) in [4.78, 5) is 22.1.